The fourth-order valence-electron chi connectivity index (χ4n) is 1.70. The van der Waals surface area contributed by atoms with E-state index >= 15 is 0 Å². The van der Waals surface area contributed by atoms with E-state index in [0.29, 0.717) is 24.2 Å². The summed E-state index contributed by atoms with van der Waals surface area (Å²) in [6.07, 6.45) is 2.29. The average Bonchev–Trinajstić information content (AvgIpc) is 3.20. The Kier molecular flexibility index (Phi) is 6.36. The number of hydrogen-bond donors (Lipinski definition) is 4. The van der Waals surface area contributed by atoms with Gasteiger partial charge in [-0.3, -0.25) is 25.2 Å². The van der Waals surface area contributed by atoms with E-state index in [4.69, 9.17) is 0 Å². The van der Waals surface area contributed by atoms with Crippen molar-refractivity contribution in [2.75, 3.05) is 6.54 Å². The van der Waals surface area contributed by atoms with Crippen LogP contribution in [0.1, 0.15) is 33.7 Å². The van der Waals surface area contributed by atoms with Crippen LogP contribution in [0.2, 0.25) is 0 Å². The van der Waals surface area contributed by atoms with Crippen LogP contribution in [-0.2, 0) is 4.79 Å². The molecule has 2 aromatic heterocycles. The molecule has 9 heteroatoms. The van der Waals surface area contributed by atoms with Crippen LogP contribution in [0.4, 0.5) is 0 Å². The number of H-pyrrole nitrogens is 1. The first-order valence-corrected chi connectivity index (χ1v) is 8.53. The molecule has 7 nitrogen and oxygen atoms in total. The molecule has 23 heavy (non-hydrogen) atoms. The van der Waals surface area contributed by atoms with E-state index in [9.17, 15) is 14.4 Å². The first kappa shape index (κ1) is 17.2. The maximum atomic E-state index is 11.7. The number of nitrogens with one attached hydrogen (secondary N) is 4. The molecule has 0 saturated carbocycles. The van der Waals surface area contributed by atoms with Gasteiger partial charge >= 0.3 is 0 Å². The van der Waals surface area contributed by atoms with Gasteiger partial charge in [0.1, 0.15) is 5.69 Å². The van der Waals surface area contributed by atoms with Crippen LogP contribution in [0.3, 0.4) is 0 Å². The molecule has 0 aliphatic heterocycles. The second-order valence-corrected chi connectivity index (χ2v) is 6.30. The molecule has 0 aromatic carbocycles. The highest BCUT2D eigenvalue weighted by molar-refractivity contribution is 9.10. The molecular weight excluding hydrogens is 384 g/mol. The van der Waals surface area contributed by atoms with Crippen molar-refractivity contribution in [1.29, 1.82) is 0 Å². The second-order valence-electron chi connectivity index (χ2n) is 4.61. The smallest absolute Gasteiger partial charge is 0.286 e. The van der Waals surface area contributed by atoms with Gasteiger partial charge in [0, 0.05) is 34.6 Å². The van der Waals surface area contributed by atoms with Gasteiger partial charge in [-0.1, -0.05) is 0 Å². The third kappa shape index (κ3) is 5.53. The number of aromatic amines is 1. The molecule has 0 unspecified atom stereocenters. The molecule has 0 bridgehead atoms. The van der Waals surface area contributed by atoms with Crippen molar-refractivity contribution in [3.8, 4) is 0 Å². The zero-order chi connectivity index (χ0) is 16.7. The van der Waals surface area contributed by atoms with Gasteiger partial charge in [0.05, 0.1) is 0 Å². The zero-order valence-corrected chi connectivity index (χ0v) is 14.4. The number of amides is 3. The van der Waals surface area contributed by atoms with Crippen molar-refractivity contribution in [3.05, 3.63) is 44.8 Å². The van der Waals surface area contributed by atoms with Gasteiger partial charge in [0.25, 0.3) is 11.8 Å². The minimum Gasteiger partial charge on any atom is -0.356 e. The van der Waals surface area contributed by atoms with Gasteiger partial charge in [0.15, 0.2) is 0 Å². The normalized spacial score (nSPS) is 10.1. The largest absolute Gasteiger partial charge is 0.356 e. The first-order valence-electron chi connectivity index (χ1n) is 6.80. The summed E-state index contributed by atoms with van der Waals surface area (Å²) in [4.78, 5) is 37.7. The summed E-state index contributed by atoms with van der Waals surface area (Å²) in [5.41, 5.74) is 5.58. The molecule has 0 spiro atoms. The van der Waals surface area contributed by atoms with E-state index < -0.39 is 5.91 Å². The van der Waals surface area contributed by atoms with Crippen molar-refractivity contribution in [2.45, 2.75) is 12.8 Å². The van der Waals surface area contributed by atoms with E-state index in [0.717, 1.165) is 4.47 Å². The quantitative estimate of drug-likeness (QED) is 0.440. The van der Waals surface area contributed by atoms with Crippen molar-refractivity contribution in [3.63, 3.8) is 0 Å². The van der Waals surface area contributed by atoms with Gasteiger partial charge < -0.3 is 10.3 Å². The van der Waals surface area contributed by atoms with Crippen LogP contribution >= 0.6 is 27.3 Å². The Labute approximate surface area is 144 Å². The molecule has 0 radical (unpaired) electrons. The Morgan fingerprint density at radius 1 is 1.22 bits per heavy atom. The monoisotopic (exact) mass is 398 g/mol. The molecule has 3 amide bonds. The first-order chi connectivity index (χ1) is 11.1. The van der Waals surface area contributed by atoms with Crippen molar-refractivity contribution in [2.24, 2.45) is 0 Å². The number of aromatic nitrogens is 1. The molecule has 122 valence electrons. The predicted molar refractivity (Wildman–Crippen MR) is 90.0 cm³/mol. The third-order valence-corrected chi connectivity index (χ3v) is 4.00. The summed E-state index contributed by atoms with van der Waals surface area (Å²) in [6, 6.07) is 3.34. The zero-order valence-electron chi connectivity index (χ0n) is 12.0. The Morgan fingerprint density at radius 2 is 2.04 bits per heavy atom. The molecule has 0 aliphatic carbocycles. The summed E-state index contributed by atoms with van der Waals surface area (Å²) < 4.78 is 0.746. The van der Waals surface area contributed by atoms with Gasteiger partial charge in [-0.05, 0) is 39.9 Å². The number of hydrogen-bond acceptors (Lipinski definition) is 4. The molecular formula is C14H15BrN4O3S. The Hall–Kier alpha value is -2.13. The molecule has 4 N–H and O–H groups in total. The van der Waals surface area contributed by atoms with Gasteiger partial charge in [-0.25, -0.2) is 0 Å². The number of carbonyl (C=O) groups excluding carboxylic acids is 3. The van der Waals surface area contributed by atoms with Crippen LogP contribution in [0.5, 0.6) is 0 Å². The minimum atomic E-state index is -0.435. The van der Waals surface area contributed by atoms with Crippen molar-refractivity contribution >= 4 is 45.0 Å². The molecule has 0 saturated heterocycles. The minimum absolute atomic E-state index is 0.155. The molecule has 0 atom stereocenters. The molecule has 2 rings (SSSR count). The number of hydrazine groups is 1. The lowest BCUT2D eigenvalue weighted by Gasteiger charge is -2.07. The van der Waals surface area contributed by atoms with Crippen LogP contribution in [-0.4, -0.2) is 29.3 Å². The third-order valence-electron chi connectivity index (χ3n) is 2.86. The van der Waals surface area contributed by atoms with Crippen LogP contribution in [0.15, 0.2) is 33.6 Å². The molecule has 2 aromatic rings. The summed E-state index contributed by atoms with van der Waals surface area (Å²) in [5, 5.41) is 6.31. The standard InChI is InChI=1S/C14H15BrN4O3S/c15-10-6-11(17-7-10)14(22)19-18-12(20)2-1-4-16-13(21)9-3-5-23-8-9/h3,5-8,17H,1-2,4H2,(H,16,21)(H,18,20)(H,19,22). The fourth-order valence-corrected chi connectivity index (χ4v) is 2.68. The van der Waals surface area contributed by atoms with Crippen LogP contribution in [0.25, 0.3) is 0 Å². The lowest BCUT2D eigenvalue weighted by Crippen LogP contribution is -2.41. The lowest BCUT2D eigenvalue weighted by molar-refractivity contribution is -0.121. The lowest BCUT2D eigenvalue weighted by atomic mass is 10.3. The predicted octanol–water partition coefficient (Wildman–Crippen LogP) is 1.81. The maximum Gasteiger partial charge on any atom is 0.286 e. The maximum absolute atomic E-state index is 11.7. The fraction of sp³-hybridized carbons (Fsp3) is 0.214. The number of thiophene rings is 1. The van der Waals surface area contributed by atoms with Gasteiger partial charge in [-0.2, -0.15) is 11.3 Å². The van der Waals surface area contributed by atoms with Crippen LogP contribution < -0.4 is 16.2 Å². The number of rotatable bonds is 6. The summed E-state index contributed by atoms with van der Waals surface area (Å²) >= 11 is 4.67. The van der Waals surface area contributed by atoms with E-state index in [2.05, 4.69) is 37.1 Å². The van der Waals surface area contributed by atoms with Gasteiger partial charge in [0.2, 0.25) is 5.91 Å². The second kappa shape index (κ2) is 8.49. The topological polar surface area (TPSA) is 103 Å². The molecule has 0 aliphatic rings. The number of carbonyl (C=O) groups is 3. The Bertz CT molecular complexity index is 684. The van der Waals surface area contributed by atoms with Crippen molar-refractivity contribution < 1.29 is 14.4 Å². The van der Waals surface area contributed by atoms with E-state index in [1.165, 1.54) is 11.3 Å². The van der Waals surface area contributed by atoms with Crippen molar-refractivity contribution in [1.82, 2.24) is 21.2 Å². The average molecular weight is 399 g/mol. The Morgan fingerprint density at radius 3 is 2.70 bits per heavy atom. The summed E-state index contributed by atoms with van der Waals surface area (Å²) in [7, 11) is 0. The number of halogens is 1. The summed E-state index contributed by atoms with van der Waals surface area (Å²) in [6.45, 7) is 0.389. The highest BCUT2D eigenvalue weighted by Gasteiger charge is 2.09. The summed E-state index contributed by atoms with van der Waals surface area (Å²) in [5.74, 6) is -0.916. The highest BCUT2D eigenvalue weighted by atomic mass is 79.9. The molecule has 2 heterocycles. The van der Waals surface area contributed by atoms with E-state index in [-0.39, 0.29) is 18.2 Å². The van der Waals surface area contributed by atoms with Gasteiger partial charge in [-0.15, -0.1) is 0 Å². The highest BCUT2D eigenvalue weighted by Crippen LogP contribution is 2.10. The van der Waals surface area contributed by atoms with E-state index in [1.807, 2.05) is 5.38 Å². The SMILES string of the molecule is O=C(CCCNC(=O)c1ccsc1)NNC(=O)c1cc(Br)c[nH]1. The van der Waals surface area contributed by atoms with E-state index in [1.54, 1.807) is 23.7 Å². The molecule has 0 fully saturated rings. The Balaban J connectivity index is 1.60. The van der Waals surface area contributed by atoms with Crippen LogP contribution in [0, 0.1) is 0 Å².